The second kappa shape index (κ2) is 7.33. The van der Waals surface area contributed by atoms with Gasteiger partial charge < -0.3 is 24.5 Å². The fraction of sp³-hybridized carbons (Fsp3) is 0.150. The van der Waals surface area contributed by atoms with E-state index in [-0.39, 0.29) is 25.3 Å². The number of carbonyl (C=O) groups is 1. The summed E-state index contributed by atoms with van der Waals surface area (Å²) in [6, 6.07) is 19.0. The zero-order valence-corrected chi connectivity index (χ0v) is 14.1. The van der Waals surface area contributed by atoms with Crippen LogP contribution in [0.3, 0.4) is 0 Å². The van der Waals surface area contributed by atoms with E-state index in [0.717, 1.165) is 11.3 Å². The Bertz CT molecular complexity index is 878. The molecular weight excluding hydrogens is 332 g/mol. The highest BCUT2D eigenvalue weighted by Gasteiger charge is 2.21. The second-order valence-corrected chi connectivity index (χ2v) is 5.96. The molecule has 0 unspecified atom stereocenters. The molecule has 3 N–H and O–H groups in total. The lowest BCUT2D eigenvalue weighted by Gasteiger charge is -2.14. The molecule has 6 heteroatoms. The largest absolute Gasteiger partial charge is 0.463 e. The molecule has 3 aromatic rings. The zero-order chi connectivity index (χ0) is 17.8. The molecule has 2 heterocycles. The summed E-state index contributed by atoms with van der Waals surface area (Å²) >= 11 is 0. The first-order chi connectivity index (χ1) is 12.8. The maximum absolute atomic E-state index is 12.4. The van der Waals surface area contributed by atoms with Crippen LogP contribution in [0.25, 0.3) is 0 Å². The molecule has 132 valence electrons. The van der Waals surface area contributed by atoms with E-state index in [2.05, 4.69) is 5.32 Å². The average molecular weight is 351 g/mol. The quantitative estimate of drug-likeness (QED) is 0.714. The number of rotatable bonds is 6. The lowest BCUT2D eigenvalue weighted by atomic mass is 10.0. The van der Waals surface area contributed by atoms with E-state index < -0.39 is 0 Å². The summed E-state index contributed by atoms with van der Waals surface area (Å²) in [7, 11) is 0. The van der Waals surface area contributed by atoms with Crippen molar-refractivity contribution in [3.05, 3.63) is 78.3 Å². The van der Waals surface area contributed by atoms with Gasteiger partial charge in [-0.3, -0.25) is 4.79 Å². The van der Waals surface area contributed by atoms with Crippen molar-refractivity contribution in [1.29, 1.82) is 0 Å². The summed E-state index contributed by atoms with van der Waals surface area (Å²) in [5, 5.41) is 4.84. The number of furan rings is 1. The van der Waals surface area contributed by atoms with Crippen LogP contribution in [0.4, 0.5) is 5.69 Å². The van der Waals surface area contributed by atoms with Gasteiger partial charge in [0.05, 0.1) is 6.26 Å². The van der Waals surface area contributed by atoms with E-state index in [1.807, 2.05) is 47.8 Å². The Morgan fingerprint density at radius 2 is 1.88 bits per heavy atom. The molecule has 0 aliphatic carbocycles. The number of ether oxygens (including phenoxy) is 2. The molecular formula is C20H19N2O4+. The van der Waals surface area contributed by atoms with Crippen LogP contribution in [0.2, 0.25) is 0 Å². The number of fused-ring (bicyclic) bond motifs is 1. The highest BCUT2D eigenvalue weighted by Crippen LogP contribution is 2.34. The Morgan fingerprint density at radius 3 is 2.69 bits per heavy atom. The Hall–Kier alpha value is -3.25. The highest BCUT2D eigenvalue weighted by molar-refractivity contribution is 5.91. The number of anilines is 1. The molecule has 1 aliphatic heterocycles. The number of nitrogens with two attached hydrogens (primary N) is 1. The normalized spacial score (nSPS) is 13.4. The van der Waals surface area contributed by atoms with Crippen LogP contribution in [0.5, 0.6) is 11.5 Å². The summed E-state index contributed by atoms with van der Waals surface area (Å²) in [4.78, 5) is 12.4. The smallest absolute Gasteiger partial charge is 0.279 e. The average Bonchev–Trinajstić information content (AvgIpc) is 3.34. The minimum Gasteiger partial charge on any atom is -0.463 e. The van der Waals surface area contributed by atoms with Crippen molar-refractivity contribution >= 4 is 11.6 Å². The summed E-state index contributed by atoms with van der Waals surface area (Å²) in [5.41, 5.74) is 1.76. The van der Waals surface area contributed by atoms with Gasteiger partial charge in [0, 0.05) is 17.3 Å². The van der Waals surface area contributed by atoms with Crippen LogP contribution in [0.15, 0.2) is 71.3 Å². The van der Waals surface area contributed by atoms with Crippen molar-refractivity contribution in [2.75, 3.05) is 18.7 Å². The summed E-state index contributed by atoms with van der Waals surface area (Å²) in [6.07, 6.45) is 1.64. The summed E-state index contributed by atoms with van der Waals surface area (Å²) in [5.74, 6) is 2.05. The Labute approximate surface area is 150 Å². The fourth-order valence-electron chi connectivity index (χ4n) is 2.96. The van der Waals surface area contributed by atoms with Gasteiger partial charge in [0.1, 0.15) is 0 Å². The van der Waals surface area contributed by atoms with Gasteiger partial charge in [-0.05, 0) is 24.3 Å². The third-order valence-electron chi connectivity index (χ3n) is 4.20. The van der Waals surface area contributed by atoms with E-state index in [1.54, 1.807) is 24.5 Å². The van der Waals surface area contributed by atoms with E-state index >= 15 is 0 Å². The standard InChI is InChI=1S/C20H18N2O4/c23-19(22-15-8-9-16-18(11-15)26-13-25-16)12-21-20(17-7-4-10-24-17)14-5-2-1-3-6-14/h1-11,20-21H,12-13H2,(H,22,23)/p+1/t20-/m0/s1. The van der Waals surface area contributed by atoms with E-state index in [4.69, 9.17) is 13.9 Å². The van der Waals surface area contributed by atoms with Gasteiger partial charge in [-0.2, -0.15) is 0 Å². The van der Waals surface area contributed by atoms with Gasteiger partial charge in [0.15, 0.2) is 29.8 Å². The molecule has 1 atom stereocenters. The van der Waals surface area contributed by atoms with Crippen molar-refractivity contribution in [1.82, 2.24) is 0 Å². The van der Waals surface area contributed by atoms with Crippen molar-refractivity contribution in [2.24, 2.45) is 0 Å². The molecule has 0 saturated heterocycles. The maximum Gasteiger partial charge on any atom is 0.279 e. The minimum absolute atomic E-state index is 0.0753. The minimum atomic E-state index is -0.101. The Balaban J connectivity index is 1.42. The van der Waals surface area contributed by atoms with Crippen molar-refractivity contribution in [3.8, 4) is 11.5 Å². The van der Waals surface area contributed by atoms with Crippen LogP contribution in [-0.2, 0) is 4.79 Å². The molecule has 1 aliphatic rings. The third kappa shape index (κ3) is 3.55. The van der Waals surface area contributed by atoms with Crippen molar-refractivity contribution < 1.29 is 24.0 Å². The van der Waals surface area contributed by atoms with Crippen molar-refractivity contribution in [3.63, 3.8) is 0 Å². The van der Waals surface area contributed by atoms with Gasteiger partial charge in [0.25, 0.3) is 5.91 Å². The van der Waals surface area contributed by atoms with Gasteiger partial charge in [-0.15, -0.1) is 0 Å². The molecule has 0 spiro atoms. The van der Waals surface area contributed by atoms with Gasteiger partial charge in [-0.25, -0.2) is 0 Å². The lowest BCUT2D eigenvalue weighted by molar-refractivity contribution is -0.678. The molecule has 1 aromatic heterocycles. The van der Waals surface area contributed by atoms with Crippen molar-refractivity contribution in [2.45, 2.75) is 6.04 Å². The molecule has 0 radical (unpaired) electrons. The van der Waals surface area contributed by atoms with E-state index in [9.17, 15) is 4.79 Å². The highest BCUT2D eigenvalue weighted by atomic mass is 16.7. The van der Waals surface area contributed by atoms with Gasteiger partial charge >= 0.3 is 0 Å². The number of hydrogen-bond donors (Lipinski definition) is 2. The zero-order valence-electron chi connectivity index (χ0n) is 14.1. The monoisotopic (exact) mass is 351 g/mol. The van der Waals surface area contributed by atoms with E-state index in [1.165, 1.54) is 0 Å². The second-order valence-electron chi connectivity index (χ2n) is 5.96. The third-order valence-corrected chi connectivity index (χ3v) is 4.20. The van der Waals surface area contributed by atoms with Gasteiger partial charge in [0.2, 0.25) is 6.79 Å². The van der Waals surface area contributed by atoms with E-state index in [0.29, 0.717) is 17.2 Å². The predicted octanol–water partition coefficient (Wildman–Crippen LogP) is 2.30. The number of quaternary nitrogens is 1. The van der Waals surface area contributed by atoms with Gasteiger partial charge in [-0.1, -0.05) is 30.3 Å². The molecule has 26 heavy (non-hydrogen) atoms. The molecule has 4 rings (SSSR count). The number of hydrogen-bond acceptors (Lipinski definition) is 4. The molecule has 2 aromatic carbocycles. The fourth-order valence-corrected chi connectivity index (χ4v) is 2.96. The SMILES string of the molecule is O=C(C[NH2+][C@@H](c1ccccc1)c1ccco1)Nc1ccc2c(c1)OCO2. The molecule has 1 amide bonds. The number of benzene rings is 2. The first-order valence-electron chi connectivity index (χ1n) is 8.41. The first kappa shape index (κ1) is 16.2. The Kier molecular flexibility index (Phi) is 4.57. The topological polar surface area (TPSA) is 77.3 Å². The Morgan fingerprint density at radius 1 is 1.04 bits per heavy atom. The maximum atomic E-state index is 12.4. The number of amides is 1. The number of nitrogens with one attached hydrogen (secondary N) is 1. The van der Waals surface area contributed by atoms with Crippen LogP contribution in [0, 0.1) is 0 Å². The molecule has 0 saturated carbocycles. The lowest BCUT2D eigenvalue weighted by Crippen LogP contribution is -2.87. The van der Waals surface area contributed by atoms with Crippen LogP contribution >= 0.6 is 0 Å². The molecule has 0 fully saturated rings. The molecule has 6 nitrogen and oxygen atoms in total. The van der Waals surface area contributed by atoms with Crippen LogP contribution in [-0.4, -0.2) is 19.2 Å². The predicted molar refractivity (Wildman–Crippen MR) is 95.0 cm³/mol. The number of carbonyl (C=O) groups excluding carboxylic acids is 1. The van der Waals surface area contributed by atoms with Crippen LogP contribution in [0.1, 0.15) is 17.4 Å². The van der Waals surface area contributed by atoms with Crippen LogP contribution < -0.4 is 20.1 Å². The summed E-state index contributed by atoms with van der Waals surface area (Å²) < 4.78 is 16.2. The molecule has 0 bridgehead atoms. The first-order valence-corrected chi connectivity index (χ1v) is 8.41. The summed E-state index contributed by atoms with van der Waals surface area (Å²) in [6.45, 7) is 0.469.